The van der Waals surface area contributed by atoms with Crippen molar-refractivity contribution in [3.8, 4) is 0 Å². The van der Waals surface area contributed by atoms with Crippen LogP contribution in [0.4, 0.5) is 0 Å². The number of rotatable bonds is 8. The molecule has 1 rings (SSSR count). The molecule has 4 heteroatoms. The van der Waals surface area contributed by atoms with Crippen LogP contribution in [0.5, 0.6) is 0 Å². The van der Waals surface area contributed by atoms with Crippen molar-refractivity contribution < 1.29 is 9.53 Å². The van der Waals surface area contributed by atoms with Gasteiger partial charge in [-0.3, -0.25) is 9.69 Å². The molecule has 0 saturated heterocycles. The lowest BCUT2D eigenvalue weighted by molar-refractivity contribution is -0.130. The topological polar surface area (TPSA) is 41.6 Å². The van der Waals surface area contributed by atoms with E-state index in [9.17, 15) is 4.79 Å². The van der Waals surface area contributed by atoms with E-state index in [1.54, 1.807) is 6.92 Å². The van der Waals surface area contributed by atoms with Crippen LogP contribution in [0.3, 0.4) is 0 Å². The maximum Gasteiger partial charge on any atom is 0.249 e. The second-order valence-electron chi connectivity index (χ2n) is 4.87. The van der Waals surface area contributed by atoms with Gasteiger partial charge in [-0.1, -0.05) is 38.1 Å². The number of ether oxygens (including phenoxy) is 1. The van der Waals surface area contributed by atoms with Gasteiger partial charge in [0, 0.05) is 20.2 Å². The molecule has 0 heterocycles. The maximum atomic E-state index is 11.6. The third-order valence-corrected chi connectivity index (χ3v) is 3.51. The Balaban J connectivity index is 2.48. The van der Waals surface area contributed by atoms with Crippen molar-refractivity contribution in [2.45, 2.75) is 40.0 Å². The van der Waals surface area contributed by atoms with E-state index < -0.39 is 6.10 Å². The highest BCUT2D eigenvalue weighted by atomic mass is 16.5. The monoisotopic (exact) mass is 278 g/mol. The fraction of sp³-hybridized carbons (Fsp3) is 0.562. The Morgan fingerprint density at radius 1 is 1.20 bits per heavy atom. The van der Waals surface area contributed by atoms with Gasteiger partial charge in [0.2, 0.25) is 5.91 Å². The fourth-order valence-electron chi connectivity index (χ4n) is 1.91. The van der Waals surface area contributed by atoms with Crippen LogP contribution in [0.2, 0.25) is 0 Å². The van der Waals surface area contributed by atoms with Gasteiger partial charge < -0.3 is 10.1 Å². The lowest BCUT2D eigenvalue weighted by Crippen LogP contribution is -2.33. The second kappa shape index (κ2) is 8.72. The zero-order valence-corrected chi connectivity index (χ0v) is 13.0. The van der Waals surface area contributed by atoms with Crippen LogP contribution in [-0.2, 0) is 22.6 Å². The number of carbonyl (C=O) groups excluding carboxylic acids is 1. The van der Waals surface area contributed by atoms with Gasteiger partial charge in [0.25, 0.3) is 0 Å². The molecule has 1 amide bonds. The first-order valence-electron chi connectivity index (χ1n) is 7.21. The van der Waals surface area contributed by atoms with Gasteiger partial charge in [0.15, 0.2) is 0 Å². The van der Waals surface area contributed by atoms with Crippen molar-refractivity contribution >= 4 is 5.91 Å². The van der Waals surface area contributed by atoms with E-state index in [2.05, 4.69) is 48.3 Å². The molecule has 1 aromatic carbocycles. The van der Waals surface area contributed by atoms with E-state index >= 15 is 0 Å². The lowest BCUT2D eigenvalue weighted by Gasteiger charge is -2.18. The highest BCUT2D eigenvalue weighted by Crippen LogP contribution is 2.07. The van der Waals surface area contributed by atoms with Crippen LogP contribution in [0, 0.1) is 0 Å². The summed E-state index contributed by atoms with van der Waals surface area (Å²) in [6.07, 6.45) is -0.406. The van der Waals surface area contributed by atoms with Crippen molar-refractivity contribution in [1.29, 1.82) is 0 Å². The normalized spacial score (nSPS) is 12.4. The Hall–Kier alpha value is -1.39. The molecule has 1 N–H and O–H groups in total. The average Bonchev–Trinajstić information content (AvgIpc) is 2.50. The third kappa shape index (κ3) is 5.31. The summed E-state index contributed by atoms with van der Waals surface area (Å²) in [5, 5.41) is 2.86. The summed E-state index contributed by atoms with van der Waals surface area (Å²) in [5.74, 6) is -0.0836. The molecule has 0 spiro atoms. The van der Waals surface area contributed by atoms with Crippen LogP contribution in [0.25, 0.3) is 0 Å². The molecule has 0 aliphatic rings. The first-order chi connectivity index (χ1) is 9.60. The van der Waals surface area contributed by atoms with E-state index in [0.717, 1.165) is 25.2 Å². The number of methoxy groups -OCH3 is 1. The number of amides is 1. The average molecular weight is 278 g/mol. The summed E-state index contributed by atoms with van der Waals surface area (Å²) in [7, 11) is 1.53. The van der Waals surface area contributed by atoms with E-state index in [0.29, 0.717) is 6.54 Å². The Morgan fingerprint density at radius 3 is 2.25 bits per heavy atom. The first kappa shape index (κ1) is 16.7. The highest BCUT2D eigenvalue weighted by molar-refractivity contribution is 5.80. The molecule has 0 aliphatic carbocycles. The van der Waals surface area contributed by atoms with Crippen molar-refractivity contribution in [2.24, 2.45) is 0 Å². The van der Waals surface area contributed by atoms with Gasteiger partial charge in [-0.15, -0.1) is 0 Å². The minimum absolute atomic E-state index is 0.0836. The first-order valence-corrected chi connectivity index (χ1v) is 7.21. The minimum atomic E-state index is -0.406. The quantitative estimate of drug-likeness (QED) is 0.792. The summed E-state index contributed by atoms with van der Waals surface area (Å²) >= 11 is 0. The highest BCUT2D eigenvalue weighted by Gasteiger charge is 2.10. The third-order valence-electron chi connectivity index (χ3n) is 3.51. The molecule has 0 fully saturated rings. The zero-order chi connectivity index (χ0) is 15.0. The Morgan fingerprint density at radius 2 is 1.75 bits per heavy atom. The fourth-order valence-corrected chi connectivity index (χ4v) is 1.91. The van der Waals surface area contributed by atoms with Gasteiger partial charge in [-0.25, -0.2) is 0 Å². The van der Waals surface area contributed by atoms with E-state index in [-0.39, 0.29) is 5.91 Å². The van der Waals surface area contributed by atoms with E-state index in [1.807, 2.05) is 0 Å². The van der Waals surface area contributed by atoms with E-state index in [1.165, 1.54) is 12.7 Å². The Labute approximate surface area is 122 Å². The summed E-state index contributed by atoms with van der Waals surface area (Å²) in [4.78, 5) is 14.0. The second-order valence-corrected chi connectivity index (χ2v) is 4.87. The summed E-state index contributed by atoms with van der Waals surface area (Å²) in [5.41, 5.74) is 2.40. The molecule has 0 bridgehead atoms. The number of nitrogens with one attached hydrogen (secondary N) is 1. The Bertz CT molecular complexity index is 399. The van der Waals surface area contributed by atoms with Gasteiger partial charge in [-0.05, 0) is 31.1 Å². The molecule has 112 valence electrons. The SMILES string of the molecule is CCN(CC)Cc1ccc(CNC(=O)C(C)OC)cc1. The predicted octanol–water partition coefficient (Wildman–Crippen LogP) is 2.18. The van der Waals surface area contributed by atoms with Gasteiger partial charge >= 0.3 is 0 Å². The molecule has 0 saturated carbocycles. The zero-order valence-electron chi connectivity index (χ0n) is 13.0. The maximum absolute atomic E-state index is 11.6. The number of hydrogen-bond acceptors (Lipinski definition) is 3. The largest absolute Gasteiger partial charge is 0.372 e. The number of benzene rings is 1. The molecule has 0 radical (unpaired) electrons. The number of nitrogens with zero attached hydrogens (tertiary/aromatic N) is 1. The summed E-state index contributed by atoms with van der Waals surface area (Å²) in [6.45, 7) is 9.71. The van der Waals surface area contributed by atoms with Gasteiger partial charge in [0.05, 0.1) is 0 Å². The molecule has 1 atom stereocenters. The van der Waals surface area contributed by atoms with Crippen LogP contribution in [0.15, 0.2) is 24.3 Å². The van der Waals surface area contributed by atoms with Crippen LogP contribution in [-0.4, -0.2) is 37.1 Å². The standard InChI is InChI=1S/C16H26N2O2/c1-5-18(6-2)12-15-9-7-14(8-10-15)11-17-16(19)13(3)20-4/h7-10,13H,5-6,11-12H2,1-4H3,(H,17,19). The number of hydrogen-bond donors (Lipinski definition) is 1. The van der Waals surface area contributed by atoms with Gasteiger partial charge in [-0.2, -0.15) is 0 Å². The lowest BCUT2D eigenvalue weighted by atomic mass is 10.1. The minimum Gasteiger partial charge on any atom is -0.372 e. The summed E-state index contributed by atoms with van der Waals surface area (Å²) in [6, 6.07) is 8.38. The van der Waals surface area contributed by atoms with Crippen LogP contribution >= 0.6 is 0 Å². The van der Waals surface area contributed by atoms with Crippen molar-refractivity contribution in [1.82, 2.24) is 10.2 Å². The van der Waals surface area contributed by atoms with Crippen molar-refractivity contribution in [3.63, 3.8) is 0 Å². The van der Waals surface area contributed by atoms with E-state index in [4.69, 9.17) is 4.74 Å². The molecule has 1 unspecified atom stereocenters. The number of carbonyl (C=O) groups is 1. The van der Waals surface area contributed by atoms with Crippen molar-refractivity contribution in [2.75, 3.05) is 20.2 Å². The van der Waals surface area contributed by atoms with Crippen molar-refractivity contribution in [3.05, 3.63) is 35.4 Å². The van der Waals surface area contributed by atoms with Gasteiger partial charge in [0.1, 0.15) is 6.10 Å². The molecule has 1 aromatic rings. The van der Waals surface area contributed by atoms with Crippen LogP contribution in [0.1, 0.15) is 31.9 Å². The predicted molar refractivity (Wildman–Crippen MR) is 81.4 cm³/mol. The molecular formula is C16H26N2O2. The molecule has 20 heavy (non-hydrogen) atoms. The van der Waals surface area contributed by atoms with Crippen LogP contribution < -0.4 is 5.32 Å². The molecule has 0 aromatic heterocycles. The molecule has 0 aliphatic heterocycles. The summed E-state index contributed by atoms with van der Waals surface area (Å²) < 4.78 is 4.97. The Kier molecular flexibility index (Phi) is 7.26. The molecule has 4 nitrogen and oxygen atoms in total. The molecular weight excluding hydrogens is 252 g/mol. The smallest absolute Gasteiger partial charge is 0.249 e.